The van der Waals surface area contributed by atoms with Crippen LogP contribution in [0.3, 0.4) is 0 Å². The van der Waals surface area contributed by atoms with Crippen LogP contribution in [0.5, 0.6) is 5.75 Å². The molecule has 0 radical (unpaired) electrons. The van der Waals surface area contributed by atoms with Gasteiger partial charge < -0.3 is 10.1 Å². The molecule has 4 rings (SSSR count). The lowest BCUT2D eigenvalue weighted by atomic mass is 10.1. The molecule has 0 spiro atoms. The Morgan fingerprint density at radius 3 is 2.66 bits per heavy atom. The number of anilines is 1. The Labute approximate surface area is 190 Å². The molecule has 0 unspecified atom stereocenters. The molecule has 32 heavy (non-hydrogen) atoms. The van der Waals surface area contributed by atoms with Crippen molar-refractivity contribution >= 4 is 33.1 Å². The number of fused-ring (bicyclic) bond motifs is 1. The van der Waals surface area contributed by atoms with E-state index in [2.05, 4.69) is 17.2 Å². The predicted octanol–water partition coefficient (Wildman–Crippen LogP) is 5.11. The topological polar surface area (TPSA) is 73.2 Å². The zero-order valence-corrected chi connectivity index (χ0v) is 18.9. The molecule has 0 saturated carbocycles. The van der Waals surface area contributed by atoms with Gasteiger partial charge >= 0.3 is 0 Å². The summed E-state index contributed by atoms with van der Waals surface area (Å²) in [5.74, 6) is 0.540. The summed E-state index contributed by atoms with van der Waals surface area (Å²) >= 11 is 1.42. The summed E-state index contributed by atoms with van der Waals surface area (Å²) in [7, 11) is 0. The van der Waals surface area contributed by atoms with Crippen LogP contribution in [-0.2, 0) is 17.8 Å². The number of para-hydroxylation sites is 1. The van der Waals surface area contributed by atoms with Gasteiger partial charge in [-0.1, -0.05) is 44.2 Å². The molecule has 0 aliphatic carbocycles. The number of carbonyl (C=O) groups is 1. The Morgan fingerprint density at radius 2 is 1.91 bits per heavy atom. The largest absolute Gasteiger partial charge is 0.494 e. The van der Waals surface area contributed by atoms with E-state index in [1.165, 1.54) is 22.2 Å². The van der Waals surface area contributed by atoms with Crippen molar-refractivity contribution in [1.29, 1.82) is 0 Å². The molecular weight excluding hydrogens is 422 g/mol. The first kappa shape index (κ1) is 21.8. The summed E-state index contributed by atoms with van der Waals surface area (Å²) in [4.78, 5) is 30.9. The Morgan fingerprint density at radius 1 is 1.12 bits per heavy atom. The van der Waals surface area contributed by atoms with Gasteiger partial charge in [-0.2, -0.15) is 0 Å². The number of hydrogen-bond acceptors (Lipinski definition) is 5. The molecule has 0 saturated heterocycles. The number of carbonyl (C=O) groups excluding carboxylic acids is 1. The highest BCUT2D eigenvalue weighted by Gasteiger charge is 2.15. The zero-order valence-electron chi connectivity index (χ0n) is 18.1. The smallest absolute Gasteiger partial charge is 0.263 e. The fourth-order valence-corrected chi connectivity index (χ4v) is 4.44. The lowest BCUT2D eigenvalue weighted by Gasteiger charge is -2.11. The van der Waals surface area contributed by atoms with Crippen molar-refractivity contribution in [3.8, 4) is 16.9 Å². The van der Waals surface area contributed by atoms with Gasteiger partial charge in [-0.05, 0) is 42.2 Å². The van der Waals surface area contributed by atoms with Crippen LogP contribution >= 0.6 is 11.3 Å². The molecule has 6 nitrogen and oxygen atoms in total. The van der Waals surface area contributed by atoms with Gasteiger partial charge in [-0.15, -0.1) is 11.3 Å². The second-order valence-corrected chi connectivity index (χ2v) is 8.30. The monoisotopic (exact) mass is 447 g/mol. The zero-order chi connectivity index (χ0) is 22.5. The highest BCUT2D eigenvalue weighted by molar-refractivity contribution is 7.17. The van der Waals surface area contributed by atoms with Crippen LogP contribution < -0.4 is 15.6 Å². The Bertz CT molecular complexity index is 1290. The van der Waals surface area contributed by atoms with Crippen LogP contribution in [0.15, 0.2) is 65.0 Å². The number of amides is 1. The van der Waals surface area contributed by atoms with Crippen molar-refractivity contribution in [2.24, 2.45) is 0 Å². The van der Waals surface area contributed by atoms with Gasteiger partial charge in [0.25, 0.3) is 5.56 Å². The molecular formula is C25H25N3O3S. The summed E-state index contributed by atoms with van der Waals surface area (Å²) in [6, 6.07) is 15.4. The summed E-state index contributed by atoms with van der Waals surface area (Å²) in [6.45, 7) is 4.67. The average molecular weight is 448 g/mol. The SMILES string of the molecule is CCCOc1ccc(-c2csc3ncn(CC(=O)Nc4ccccc4CC)c(=O)c23)cc1. The third kappa shape index (κ3) is 4.57. The van der Waals surface area contributed by atoms with Crippen molar-refractivity contribution in [3.63, 3.8) is 0 Å². The van der Waals surface area contributed by atoms with E-state index in [0.717, 1.165) is 41.0 Å². The van der Waals surface area contributed by atoms with Gasteiger partial charge in [-0.25, -0.2) is 4.98 Å². The van der Waals surface area contributed by atoms with Gasteiger partial charge in [0.15, 0.2) is 0 Å². The van der Waals surface area contributed by atoms with E-state index in [1.54, 1.807) is 0 Å². The third-order valence-corrected chi connectivity index (χ3v) is 6.07. The first-order valence-corrected chi connectivity index (χ1v) is 11.6. The fourth-order valence-electron chi connectivity index (χ4n) is 3.54. The highest BCUT2D eigenvalue weighted by Crippen LogP contribution is 2.31. The van der Waals surface area contributed by atoms with Crippen molar-refractivity contribution in [2.75, 3.05) is 11.9 Å². The first-order valence-electron chi connectivity index (χ1n) is 10.7. The summed E-state index contributed by atoms with van der Waals surface area (Å²) in [6.07, 6.45) is 3.20. The van der Waals surface area contributed by atoms with Crippen LogP contribution in [0, 0.1) is 0 Å². The standard InChI is InChI=1S/C25H25N3O3S/c1-3-13-31-19-11-9-18(10-12-19)20-15-32-24-23(20)25(30)28(16-26-24)14-22(29)27-21-8-6-5-7-17(21)4-2/h5-12,15-16H,3-4,13-14H2,1-2H3,(H,27,29). The first-order chi connectivity index (χ1) is 15.6. The lowest BCUT2D eigenvalue weighted by molar-refractivity contribution is -0.116. The second-order valence-electron chi connectivity index (χ2n) is 7.44. The number of rotatable bonds is 8. The molecule has 0 aliphatic heterocycles. The minimum absolute atomic E-state index is 0.0983. The number of ether oxygens (including phenoxy) is 1. The third-order valence-electron chi connectivity index (χ3n) is 5.19. The van der Waals surface area contributed by atoms with E-state index in [9.17, 15) is 9.59 Å². The predicted molar refractivity (Wildman–Crippen MR) is 130 cm³/mol. The Kier molecular flexibility index (Phi) is 6.66. The van der Waals surface area contributed by atoms with Crippen LogP contribution in [0.4, 0.5) is 5.69 Å². The van der Waals surface area contributed by atoms with Gasteiger partial charge in [0.05, 0.1) is 18.3 Å². The number of aromatic nitrogens is 2. The molecule has 2 aromatic carbocycles. The number of benzene rings is 2. The molecule has 164 valence electrons. The Balaban J connectivity index is 1.60. The number of hydrogen-bond donors (Lipinski definition) is 1. The van der Waals surface area contributed by atoms with Crippen LogP contribution in [-0.4, -0.2) is 22.1 Å². The summed E-state index contributed by atoms with van der Waals surface area (Å²) in [5, 5.41) is 5.37. The molecule has 1 N–H and O–H groups in total. The van der Waals surface area contributed by atoms with Gasteiger partial charge in [0.1, 0.15) is 17.1 Å². The minimum Gasteiger partial charge on any atom is -0.494 e. The number of nitrogens with one attached hydrogen (secondary N) is 1. The molecule has 0 fully saturated rings. The molecule has 2 heterocycles. The van der Waals surface area contributed by atoms with E-state index >= 15 is 0 Å². The van der Waals surface area contributed by atoms with E-state index < -0.39 is 0 Å². The van der Waals surface area contributed by atoms with E-state index in [1.807, 2.05) is 60.8 Å². The summed E-state index contributed by atoms with van der Waals surface area (Å²) < 4.78 is 7.01. The fraction of sp³-hybridized carbons (Fsp3) is 0.240. The maximum Gasteiger partial charge on any atom is 0.263 e. The quantitative estimate of drug-likeness (QED) is 0.407. The van der Waals surface area contributed by atoms with E-state index in [4.69, 9.17) is 4.74 Å². The van der Waals surface area contributed by atoms with Crippen molar-refractivity contribution < 1.29 is 9.53 Å². The maximum atomic E-state index is 13.2. The highest BCUT2D eigenvalue weighted by atomic mass is 32.1. The Hall–Kier alpha value is -3.45. The normalized spacial score (nSPS) is 10.9. The van der Waals surface area contributed by atoms with E-state index in [-0.39, 0.29) is 18.0 Å². The van der Waals surface area contributed by atoms with Crippen LogP contribution in [0.25, 0.3) is 21.3 Å². The average Bonchev–Trinajstić information content (AvgIpc) is 3.25. The van der Waals surface area contributed by atoms with Crippen LogP contribution in [0.1, 0.15) is 25.8 Å². The molecule has 0 bridgehead atoms. The maximum absolute atomic E-state index is 13.2. The molecule has 0 aliphatic rings. The second kappa shape index (κ2) is 9.78. The molecule has 7 heteroatoms. The molecule has 0 atom stereocenters. The van der Waals surface area contributed by atoms with Gasteiger partial charge in [0, 0.05) is 16.6 Å². The number of aryl methyl sites for hydroxylation is 1. The van der Waals surface area contributed by atoms with Crippen LogP contribution in [0.2, 0.25) is 0 Å². The molecule has 4 aromatic rings. The lowest BCUT2D eigenvalue weighted by Crippen LogP contribution is -2.28. The van der Waals surface area contributed by atoms with Gasteiger partial charge in [-0.3, -0.25) is 14.2 Å². The van der Waals surface area contributed by atoms with Crippen molar-refractivity contribution in [1.82, 2.24) is 9.55 Å². The van der Waals surface area contributed by atoms with Crippen molar-refractivity contribution in [3.05, 3.63) is 76.2 Å². The summed E-state index contributed by atoms with van der Waals surface area (Å²) in [5.41, 5.74) is 3.32. The molecule has 2 aromatic heterocycles. The number of nitrogens with zero attached hydrogens (tertiary/aromatic N) is 2. The minimum atomic E-state index is -0.261. The number of thiophene rings is 1. The van der Waals surface area contributed by atoms with Crippen molar-refractivity contribution in [2.45, 2.75) is 33.2 Å². The van der Waals surface area contributed by atoms with Gasteiger partial charge in [0.2, 0.25) is 5.91 Å². The molecule has 1 amide bonds. The van der Waals surface area contributed by atoms with E-state index in [0.29, 0.717) is 16.8 Å².